The Balaban J connectivity index is 1.90. The van der Waals surface area contributed by atoms with Gasteiger partial charge in [-0.15, -0.1) is 0 Å². The number of piperazine rings is 1. The number of anilines is 1. The summed E-state index contributed by atoms with van der Waals surface area (Å²) < 4.78 is 0. The largest absolute Gasteiger partial charge is 0.368 e. The topological polar surface area (TPSA) is 23.6 Å². The van der Waals surface area contributed by atoms with E-state index in [1.54, 1.807) is 0 Å². The van der Waals surface area contributed by atoms with Gasteiger partial charge in [0.2, 0.25) is 5.91 Å². The summed E-state index contributed by atoms with van der Waals surface area (Å²) in [7, 11) is 0. The molecule has 110 valence electrons. The predicted molar refractivity (Wildman–Crippen MR) is 84.5 cm³/mol. The molecule has 20 heavy (non-hydrogen) atoms. The van der Waals surface area contributed by atoms with Crippen LogP contribution in [0.5, 0.6) is 0 Å². The first-order valence-electron chi connectivity index (χ1n) is 7.40. The lowest BCUT2D eigenvalue weighted by Gasteiger charge is -2.36. The molecule has 1 fully saturated rings. The molecule has 1 saturated heterocycles. The van der Waals surface area contributed by atoms with Gasteiger partial charge in [-0.2, -0.15) is 0 Å². The summed E-state index contributed by atoms with van der Waals surface area (Å²) in [6, 6.07) is 6.18. The average Bonchev–Trinajstić information content (AvgIpc) is 2.48. The normalized spacial score (nSPS) is 15.6. The molecular formula is C16H23ClN2O. The summed E-state index contributed by atoms with van der Waals surface area (Å²) in [5.74, 6) is 0.299. The second-order valence-electron chi connectivity index (χ2n) is 5.40. The zero-order chi connectivity index (χ0) is 14.5. The Morgan fingerprint density at radius 3 is 2.55 bits per heavy atom. The zero-order valence-electron chi connectivity index (χ0n) is 12.4. The van der Waals surface area contributed by atoms with Crippen molar-refractivity contribution in [2.45, 2.75) is 33.1 Å². The molecule has 0 spiro atoms. The number of benzene rings is 1. The Labute approximate surface area is 126 Å². The molecule has 1 aromatic rings. The minimum atomic E-state index is 0.299. The van der Waals surface area contributed by atoms with Gasteiger partial charge in [-0.1, -0.05) is 31.0 Å². The molecular weight excluding hydrogens is 272 g/mol. The molecule has 4 heteroatoms. The Morgan fingerprint density at radius 1 is 1.25 bits per heavy atom. The van der Waals surface area contributed by atoms with Crippen LogP contribution in [0.15, 0.2) is 18.2 Å². The van der Waals surface area contributed by atoms with Crippen LogP contribution in [0.2, 0.25) is 5.02 Å². The van der Waals surface area contributed by atoms with Gasteiger partial charge in [0.25, 0.3) is 0 Å². The lowest BCUT2D eigenvalue weighted by atomic mass is 10.2. The summed E-state index contributed by atoms with van der Waals surface area (Å²) in [4.78, 5) is 16.3. The van der Waals surface area contributed by atoms with Crippen LogP contribution < -0.4 is 4.90 Å². The van der Waals surface area contributed by atoms with Crippen LogP contribution in [0, 0.1) is 6.92 Å². The maximum Gasteiger partial charge on any atom is 0.222 e. The highest BCUT2D eigenvalue weighted by molar-refractivity contribution is 6.31. The van der Waals surface area contributed by atoms with Gasteiger partial charge in [0.1, 0.15) is 0 Å². The molecule has 0 N–H and O–H groups in total. The van der Waals surface area contributed by atoms with Crippen LogP contribution in [-0.4, -0.2) is 37.0 Å². The maximum absolute atomic E-state index is 12.0. The number of halogens is 1. The Kier molecular flexibility index (Phi) is 5.30. The van der Waals surface area contributed by atoms with E-state index in [0.717, 1.165) is 55.3 Å². The van der Waals surface area contributed by atoms with Crippen LogP contribution in [-0.2, 0) is 4.79 Å². The molecule has 0 saturated carbocycles. The summed E-state index contributed by atoms with van der Waals surface area (Å²) in [5.41, 5.74) is 2.25. The average molecular weight is 295 g/mol. The predicted octanol–water partition coefficient (Wildman–Crippen LogP) is 3.49. The van der Waals surface area contributed by atoms with Gasteiger partial charge < -0.3 is 9.80 Å². The first-order valence-corrected chi connectivity index (χ1v) is 7.78. The van der Waals surface area contributed by atoms with Crippen LogP contribution >= 0.6 is 11.6 Å². The van der Waals surface area contributed by atoms with Gasteiger partial charge in [0.15, 0.2) is 0 Å². The molecule has 0 radical (unpaired) electrons. The fourth-order valence-corrected chi connectivity index (χ4v) is 2.65. The number of hydrogen-bond acceptors (Lipinski definition) is 2. The first-order chi connectivity index (χ1) is 9.61. The highest BCUT2D eigenvalue weighted by Crippen LogP contribution is 2.24. The third kappa shape index (κ3) is 3.66. The maximum atomic E-state index is 12.0. The minimum Gasteiger partial charge on any atom is -0.368 e. The monoisotopic (exact) mass is 294 g/mol. The molecule has 0 bridgehead atoms. The molecule has 1 aliphatic rings. The van der Waals surface area contributed by atoms with E-state index in [1.807, 2.05) is 17.9 Å². The van der Waals surface area contributed by atoms with Gasteiger partial charge in [0, 0.05) is 43.3 Å². The first kappa shape index (κ1) is 15.2. The van der Waals surface area contributed by atoms with Crippen molar-refractivity contribution in [2.75, 3.05) is 31.1 Å². The molecule has 1 aromatic carbocycles. The molecule has 2 rings (SSSR count). The number of carbonyl (C=O) groups excluding carboxylic acids is 1. The van der Waals surface area contributed by atoms with Crippen molar-refractivity contribution in [3.8, 4) is 0 Å². The van der Waals surface area contributed by atoms with Crippen LogP contribution in [0.4, 0.5) is 5.69 Å². The van der Waals surface area contributed by atoms with E-state index < -0.39 is 0 Å². The lowest BCUT2D eigenvalue weighted by molar-refractivity contribution is -0.131. The number of nitrogens with zero attached hydrogens (tertiary/aromatic N) is 2. The van der Waals surface area contributed by atoms with E-state index in [0.29, 0.717) is 12.3 Å². The van der Waals surface area contributed by atoms with E-state index in [-0.39, 0.29) is 0 Å². The summed E-state index contributed by atoms with van der Waals surface area (Å²) in [6.07, 6.45) is 2.76. The fourth-order valence-electron chi connectivity index (χ4n) is 2.48. The second-order valence-corrected chi connectivity index (χ2v) is 5.81. The number of amides is 1. The van der Waals surface area contributed by atoms with Gasteiger partial charge >= 0.3 is 0 Å². The van der Waals surface area contributed by atoms with Crippen LogP contribution in [0.3, 0.4) is 0 Å². The summed E-state index contributed by atoms with van der Waals surface area (Å²) >= 11 is 6.18. The van der Waals surface area contributed by atoms with Gasteiger partial charge in [-0.3, -0.25) is 4.79 Å². The summed E-state index contributed by atoms with van der Waals surface area (Å²) in [5, 5.41) is 0.809. The molecule has 0 aromatic heterocycles. The molecule has 0 atom stereocenters. The smallest absolute Gasteiger partial charge is 0.222 e. The quantitative estimate of drug-likeness (QED) is 0.849. The van der Waals surface area contributed by atoms with Crippen molar-refractivity contribution < 1.29 is 4.79 Å². The van der Waals surface area contributed by atoms with Gasteiger partial charge in [-0.05, 0) is 31.0 Å². The fraction of sp³-hybridized carbons (Fsp3) is 0.562. The van der Waals surface area contributed by atoms with Crippen molar-refractivity contribution in [1.82, 2.24) is 4.90 Å². The van der Waals surface area contributed by atoms with Crippen molar-refractivity contribution in [1.29, 1.82) is 0 Å². The molecule has 1 aliphatic heterocycles. The van der Waals surface area contributed by atoms with Crippen LogP contribution in [0.1, 0.15) is 31.7 Å². The van der Waals surface area contributed by atoms with Crippen molar-refractivity contribution in [2.24, 2.45) is 0 Å². The molecule has 3 nitrogen and oxygen atoms in total. The highest BCUT2D eigenvalue weighted by atomic mass is 35.5. The van der Waals surface area contributed by atoms with Gasteiger partial charge in [0.05, 0.1) is 0 Å². The minimum absolute atomic E-state index is 0.299. The molecule has 0 aliphatic carbocycles. The van der Waals surface area contributed by atoms with E-state index in [9.17, 15) is 4.79 Å². The van der Waals surface area contributed by atoms with Crippen molar-refractivity contribution >= 4 is 23.2 Å². The third-order valence-corrected chi connectivity index (χ3v) is 4.30. The van der Waals surface area contributed by atoms with Crippen molar-refractivity contribution in [3.63, 3.8) is 0 Å². The van der Waals surface area contributed by atoms with E-state index in [2.05, 4.69) is 24.0 Å². The molecule has 1 amide bonds. The summed E-state index contributed by atoms with van der Waals surface area (Å²) in [6.45, 7) is 7.53. The molecule has 0 unspecified atom stereocenters. The number of carbonyl (C=O) groups is 1. The zero-order valence-corrected chi connectivity index (χ0v) is 13.1. The lowest BCUT2D eigenvalue weighted by Crippen LogP contribution is -2.48. The van der Waals surface area contributed by atoms with Gasteiger partial charge in [-0.25, -0.2) is 0 Å². The number of rotatable bonds is 4. The Bertz CT molecular complexity index is 468. The van der Waals surface area contributed by atoms with Crippen LogP contribution in [0.25, 0.3) is 0 Å². The van der Waals surface area contributed by atoms with Crippen molar-refractivity contribution in [3.05, 3.63) is 28.8 Å². The van der Waals surface area contributed by atoms with E-state index in [4.69, 9.17) is 11.6 Å². The SMILES string of the molecule is CCCCC(=O)N1CCN(c2ccc(C)c(Cl)c2)CC1. The van der Waals surface area contributed by atoms with E-state index >= 15 is 0 Å². The number of aryl methyl sites for hydroxylation is 1. The number of hydrogen-bond donors (Lipinski definition) is 0. The number of unbranched alkanes of at least 4 members (excludes halogenated alkanes) is 1. The standard InChI is InChI=1S/C16H23ClN2O/c1-3-4-5-16(20)19-10-8-18(9-11-19)14-7-6-13(2)15(17)12-14/h6-7,12H,3-5,8-11H2,1-2H3. The second kappa shape index (κ2) is 6.98. The molecule has 1 heterocycles. The third-order valence-electron chi connectivity index (χ3n) is 3.90. The Morgan fingerprint density at radius 2 is 1.95 bits per heavy atom. The highest BCUT2D eigenvalue weighted by Gasteiger charge is 2.20. The van der Waals surface area contributed by atoms with E-state index in [1.165, 1.54) is 0 Å². The Hall–Kier alpha value is -1.22.